The van der Waals surface area contributed by atoms with E-state index in [-0.39, 0.29) is 17.5 Å². The molecule has 3 rings (SSSR count). The minimum atomic E-state index is -0.333. The number of ether oxygens (including phenoxy) is 1. The van der Waals surface area contributed by atoms with Crippen molar-refractivity contribution in [2.24, 2.45) is 0 Å². The second-order valence-electron chi connectivity index (χ2n) is 5.54. The number of benzene rings is 2. The van der Waals surface area contributed by atoms with Crippen LogP contribution in [-0.4, -0.2) is 23.0 Å². The number of anilines is 2. The highest BCUT2D eigenvalue weighted by Crippen LogP contribution is 2.18. The smallest absolute Gasteiger partial charge is 0.270 e. The zero-order chi connectivity index (χ0) is 19.1. The van der Waals surface area contributed by atoms with Gasteiger partial charge >= 0.3 is 0 Å². The first kappa shape index (κ1) is 17.9. The van der Waals surface area contributed by atoms with Crippen molar-refractivity contribution in [2.45, 2.75) is 6.54 Å². The molecule has 0 unspecified atom stereocenters. The quantitative estimate of drug-likeness (QED) is 0.702. The predicted molar refractivity (Wildman–Crippen MR) is 101 cm³/mol. The number of carbonyl (C=O) groups is 1. The van der Waals surface area contributed by atoms with Gasteiger partial charge in [-0.15, -0.1) is 0 Å². The summed E-state index contributed by atoms with van der Waals surface area (Å²) in [6, 6.07) is 18.1. The molecule has 0 aliphatic carbocycles. The van der Waals surface area contributed by atoms with Crippen LogP contribution in [0.2, 0.25) is 0 Å². The average Bonchev–Trinajstić information content (AvgIpc) is 2.72. The Bertz CT molecular complexity index is 997. The third kappa shape index (κ3) is 4.38. The van der Waals surface area contributed by atoms with Gasteiger partial charge in [-0.1, -0.05) is 30.3 Å². The molecule has 134 valence electrons. The molecule has 0 aliphatic rings. The SMILES string of the molecule is COc1ccccc1CNC(=O)c1ccnc(Nc2ccccc2C#N)n1. The van der Waals surface area contributed by atoms with Crippen molar-refractivity contribution in [3.63, 3.8) is 0 Å². The molecule has 2 aromatic carbocycles. The summed E-state index contributed by atoms with van der Waals surface area (Å²) in [5.41, 5.74) is 2.12. The van der Waals surface area contributed by atoms with Crippen LogP contribution in [0, 0.1) is 11.3 Å². The van der Waals surface area contributed by atoms with E-state index in [1.54, 1.807) is 31.4 Å². The second-order valence-corrected chi connectivity index (χ2v) is 5.54. The molecular weight excluding hydrogens is 342 g/mol. The average molecular weight is 359 g/mol. The van der Waals surface area contributed by atoms with Crippen LogP contribution >= 0.6 is 0 Å². The minimum absolute atomic E-state index is 0.219. The lowest BCUT2D eigenvalue weighted by molar-refractivity contribution is 0.0945. The highest BCUT2D eigenvalue weighted by atomic mass is 16.5. The molecule has 1 heterocycles. The topological polar surface area (TPSA) is 99.9 Å². The Kier molecular flexibility index (Phi) is 5.60. The Labute approximate surface area is 156 Å². The molecule has 27 heavy (non-hydrogen) atoms. The van der Waals surface area contributed by atoms with Gasteiger partial charge in [0, 0.05) is 18.3 Å². The van der Waals surface area contributed by atoms with Crippen LogP contribution < -0.4 is 15.4 Å². The maximum Gasteiger partial charge on any atom is 0.270 e. The molecule has 0 bridgehead atoms. The van der Waals surface area contributed by atoms with Crippen LogP contribution in [0.15, 0.2) is 60.8 Å². The molecule has 0 saturated heterocycles. The summed E-state index contributed by atoms with van der Waals surface area (Å²) in [7, 11) is 1.59. The van der Waals surface area contributed by atoms with Crippen molar-refractivity contribution in [1.29, 1.82) is 5.26 Å². The number of carbonyl (C=O) groups excluding carboxylic acids is 1. The van der Waals surface area contributed by atoms with E-state index in [2.05, 4.69) is 26.7 Å². The molecule has 2 N–H and O–H groups in total. The van der Waals surface area contributed by atoms with Gasteiger partial charge in [0.1, 0.15) is 17.5 Å². The van der Waals surface area contributed by atoms with Gasteiger partial charge in [0.05, 0.1) is 18.4 Å². The largest absolute Gasteiger partial charge is 0.496 e. The lowest BCUT2D eigenvalue weighted by atomic mass is 10.2. The monoisotopic (exact) mass is 359 g/mol. The van der Waals surface area contributed by atoms with Gasteiger partial charge < -0.3 is 15.4 Å². The zero-order valence-electron chi connectivity index (χ0n) is 14.6. The molecular formula is C20H17N5O2. The highest BCUT2D eigenvalue weighted by Gasteiger charge is 2.11. The third-order valence-electron chi connectivity index (χ3n) is 3.81. The summed E-state index contributed by atoms with van der Waals surface area (Å²) in [6.07, 6.45) is 1.49. The number of amides is 1. The molecule has 0 fully saturated rings. The summed E-state index contributed by atoms with van der Waals surface area (Å²) in [4.78, 5) is 20.8. The van der Waals surface area contributed by atoms with Crippen LogP contribution in [0.4, 0.5) is 11.6 Å². The molecule has 1 aromatic heterocycles. The van der Waals surface area contributed by atoms with Crippen LogP contribution in [0.25, 0.3) is 0 Å². The fourth-order valence-corrected chi connectivity index (χ4v) is 2.47. The summed E-state index contributed by atoms with van der Waals surface area (Å²) < 4.78 is 5.28. The van der Waals surface area contributed by atoms with Gasteiger partial charge in [-0.25, -0.2) is 9.97 Å². The van der Waals surface area contributed by atoms with Crippen molar-refractivity contribution in [2.75, 3.05) is 12.4 Å². The van der Waals surface area contributed by atoms with E-state index < -0.39 is 0 Å². The van der Waals surface area contributed by atoms with E-state index in [0.717, 1.165) is 5.56 Å². The predicted octanol–water partition coefficient (Wildman–Crippen LogP) is 3.03. The van der Waals surface area contributed by atoms with Crippen LogP contribution in [0.3, 0.4) is 0 Å². The number of hydrogen-bond acceptors (Lipinski definition) is 6. The van der Waals surface area contributed by atoms with E-state index in [9.17, 15) is 4.79 Å². The summed E-state index contributed by atoms with van der Waals surface area (Å²) in [5.74, 6) is 0.610. The Morgan fingerprint density at radius 1 is 1.15 bits per heavy atom. The molecule has 7 nitrogen and oxygen atoms in total. The second kappa shape index (κ2) is 8.45. The van der Waals surface area contributed by atoms with E-state index in [4.69, 9.17) is 10.00 Å². The molecule has 7 heteroatoms. The Morgan fingerprint density at radius 3 is 2.74 bits per heavy atom. The van der Waals surface area contributed by atoms with Gasteiger partial charge in [-0.05, 0) is 24.3 Å². The standard InChI is InChI=1S/C20H17N5O2/c1-27-18-9-5-3-7-15(18)13-23-19(26)17-10-11-22-20(25-17)24-16-8-4-2-6-14(16)12-21/h2-11H,13H2,1H3,(H,23,26)(H,22,24,25). The molecule has 0 radical (unpaired) electrons. The van der Waals surface area contributed by atoms with E-state index in [1.165, 1.54) is 12.3 Å². The first-order valence-electron chi connectivity index (χ1n) is 8.20. The van der Waals surface area contributed by atoms with Crippen molar-refractivity contribution in [1.82, 2.24) is 15.3 Å². The lowest BCUT2D eigenvalue weighted by Crippen LogP contribution is -2.24. The van der Waals surface area contributed by atoms with Crippen LogP contribution in [-0.2, 0) is 6.54 Å². The maximum atomic E-state index is 12.4. The van der Waals surface area contributed by atoms with Gasteiger partial charge in [0.15, 0.2) is 0 Å². The summed E-state index contributed by atoms with van der Waals surface area (Å²) in [5, 5.41) is 14.9. The number of rotatable bonds is 6. The number of hydrogen-bond donors (Lipinski definition) is 2. The molecule has 0 spiro atoms. The highest BCUT2D eigenvalue weighted by molar-refractivity contribution is 5.92. The number of para-hydroxylation sites is 2. The molecule has 3 aromatic rings. The summed E-state index contributed by atoms with van der Waals surface area (Å²) in [6.45, 7) is 0.312. The van der Waals surface area contributed by atoms with Gasteiger partial charge in [0.25, 0.3) is 5.91 Å². The zero-order valence-corrected chi connectivity index (χ0v) is 14.6. The first-order chi connectivity index (χ1) is 13.2. The molecule has 0 saturated carbocycles. The number of methoxy groups -OCH3 is 1. The number of nitrogens with zero attached hydrogens (tertiary/aromatic N) is 3. The first-order valence-corrected chi connectivity index (χ1v) is 8.20. The minimum Gasteiger partial charge on any atom is -0.496 e. The van der Waals surface area contributed by atoms with Crippen molar-refractivity contribution in [3.8, 4) is 11.8 Å². The lowest BCUT2D eigenvalue weighted by Gasteiger charge is -2.10. The molecule has 1 amide bonds. The number of nitrogens with one attached hydrogen (secondary N) is 2. The Hall–Kier alpha value is -3.92. The van der Waals surface area contributed by atoms with Crippen molar-refractivity contribution in [3.05, 3.63) is 77.6 Å². The van der Waals surface area contributed by atoms with Crippen molar-refractivity contribution < 1.29 is 9.53 Å². The fourth-order valence-electron chi connectivity index (χ4n) is 2.47. The normalized spacial score (nSPS) is 9.93. The van der Waals surface area contributed by atoms with Crippen LogP contribution in [0.5, 0.6) is 5.75 Å². The third-order valence-corrected chi connectivity index (χ3v) is 3.81. The summed E-state index contributed by atoms with van der Waals surface area (Å²) >= 11 is 0. The Morgan fingerprint density at radius 2 is 1.93 bits per heavy atom. The van der Waals surface area contributed by atoms with Gasteiger partial charge in [-0.3, -0.25) is 4.79 Å². The number of aromatic nitrogens is 2. The molecule has 0 atom stereocenters. The van der Waals surface area contributed by atoms with Gasteiger partial charge in [0.2, 0.25) is 5.95 Å². The Balaban J connectivity index is 1.71. The van der Waals surface area contributed by atoms with Crippen molar-refractivity contribution >= 4 is 17.5 Å². The van der Waals surface area contributed by atoms with E-state index in [1.807, 2.05) is 24.3 Å². The van der Waals surface area contributed by atoms with E-state index in [0.29, 0.717) is 23.5 Å². The fraction of sp³-hybridized carbons (Fsp3) is 0.100. The van der Waals surface area contributed by atoms with E-state index >= 15 is 0 Å². The van der Waals surface area contributed by atoms with Crippen LogP contribution in [0.1, 0.15) is 21.6 Å². The molecule has 0 aliphatic heterocycles. The maximum absolute atomic E-state index is 12.4. The van der Waals surface area contributed by atoms with Gasteiger partial charge in [-0.2, -0.15) is 5.26 Å². The number of nitriles is 1.